The number of hydrogen-bond acceptors (Lipinski definition) is 5. The van der Waals surface area contributed by atoms with Crippen LogP contribution in [0.25, 0.3) is 11.3 Å². The first-order chi connectivity index (χ1) is 10.4. The van der Waals surface area contributed by atoms with E-state index in [0.29, 0.717) is 5.95 Å². The summed E-state index contributed by atoms with van der Waals surface area (Å²) in [5.41, 5.74) is 2.66. The monoisotopic (exact) mass is 278 g/mol. The van der Waals surface area contributed by atoms with Crippen molar-refractivity contribution in [1.82, 2.24) is 15.0 Å². The number of benzene rings is 1. The van der Waals surface area contributed by atoms with E-state index >= 15 is 0 Å². The number of nitrogens with one attached hydrogen (secondary N) is 1. The summed E-state index contributed by atoms with van der Waals surface area (Å²) in [5, 5.41) is 3.17. The predicted octanol–water partition coefficient (Wildman–Crippen LogP) is 3.29. The lowest BCUT2D eigenvalue weighted by Crippen LogP contribution is -1.99. The van der Waals surface area contributed by atoms with Crippen molar-refractivity contribution >= 4 is 11.6 Å². The van der Waals surface area contributed by atoms with Gasteiger partial charge in [-0.25, -0.2) is 9.97 Å². The summed E-state index contributed by atoms with van der Waals surface area (Å²) < 4.78 is 5.31. The fraction of sp³-hybridized carbons (Fsp3) is 0.0625. The number of hydrogen-bond donors (Lipinski definition) is 1. The summed E-state index contributed by atoms with van der Waals surface area (Å²) in [6, 6.07) is 13.3. The molecule has 1 N–H and O–H groups in total. The fourth-order valence-electron chi connectivity index (χ4n) is 1.97. The van der Waals surface area contributed by atoms with Crippen LogP contribution in [-0.4, -0.2) is 22.1 Å². The van der Waals surface area contributed by atoms with Crippen LogP contribution in [0.2, 0.25) is 0 Å². The van der Waals surface area contributed by atoms with Crippen molar-refractivity contribution in [3.05, 3.63) is 61.1 Å². The number of pyridine rings is 1. The first-order valence-electron chi connectivity index (χ1n) is 6.50. The second-order valence-corrected chi connectivity index (χ2v) is 4.33. The average Bonchev–Trinajstić information content (AvgIpc) is 2.56. The second-order valence-electron chi connectivity index (χ2n) is 4.33. The first-order valence-corrected chi connectivity index (χ1v) is 6.50. The van der Waals surface area contributed by atoms with Gasteiger partial charge in [0.05, 0.1) is 18.5 Å². The van der Waals surface area contributed by atoms with Crippen molar-refractivity contribution in [3.8, 4) is 17.0 Å². The van der Waals surface area contributed by atoms with E-state index < -0.39 is 0 Å². The van der Waals surface area contributed by atoms with Gasteiger partial charge in [-0.05, 0) is 30.3 Å². The number of rotatable bonds is 4. The van der Waals surface area contributed by atoms with Crippen LogP contribution in [0.15, 0.2) is 61.1 Å². The van der Waals surface area contributed by atoms with Gasteiger partial charge in [0, 0.05) is 24.2 Å². The quantitative estimate of drug-likeness (QED) is 0.793. The second kappa shape index (κ2) is 6.00. The van der Waals surface area contributed by atoms with Gasteiger partial charge in [-0.3, -0.25) is 4.98 Å². The van der Waals surface area contributed by atoms with Crippen LogP contribution in [-0.2, 0) is 0 Å². The van der Waals surface area contributed by atoms with E-state index in [1.807, 2.05) is 42.5 Å². The largest absolute Gasteiger partial charge is 0.495 e. The molecular formula is C16H14N4O. The maximum absolute atomic E-state index is 5.31. The zero-order valence-corrected chi connectivity index (χ0v) is 11.5. The van der Waals surface area contributed by atoms with Gasteiger partial charge in [-0.15, -0.1) is 0 Å². The van der Waals surface area contributed by atoms with Gasteiger partial charge in [-0.2, -0.15) is 0 Å². The molecule has 2 aromatic heterocycles. The molecule has 0 atom stereocenters. The van der Waals surface area contributed by atoms with Crippen molar-refractivity contribution < 1.29 is 4.74 Å². The van der Waals surface area contributed by atoms with Crippen molar-refractivity contribution in [1.29, 1.82) is 0 Å². The molecule has 3 aromatic rings. The van der Waals surface area contributed by atoms with Crippen LogP contribution < -0.4 is 10.1 Å². The van der Waals surface area contributed by atoms with E-state index in [-0.39, 0.29) is 0 Å². The fourth-order valence-corrected chi connectivity index (χ4v) is 1.97. The summed E-state index contributed by atoms with van der Waals surface area (Å²) >= 11 is 0. The van der Waals surface area contributed by atoms with E-state index in [2.05, 4.69) is 20.3 Å². The third-order valence-corrected chi connectivity index (χ3v) is 2.99. The van der Waals surface area contributed by atoms with Crippen LogP contribution in [0.4, 0.5) is 11.6 Å². The van der Waals surface area contributed by atoms with Gasteiger partial charge < -0.3 is 10.1 Å². The summed E-state index contributed by atoms with van der Waals surface area (Å²) in [4.78, 5) is 12.8. The molecule has 0 saturated heterocycles. The predicted molar refractivity (Wildman–Crippen MR) is 81.5 cm³/mol. The van der Waals surface area contributed by atoms with Crippen molar-refractivity contribution in [2.75, 3.05) is 12.4 Å². The van der Waals surface area contributed by atoms with E-state index in [1.165, 1.54) is 0 Å². The number of nitrogens with zero attached hydrogens (tertiary/aromatic N) is 3. The Hall–Kier alpha value is -2.95. The Balaban J connectivity index is 1.90. The number of ether oxygens (including phenoxy) is 1. The third kappa shape index (κ3) is 2.97. The van der Waals surface area contributed by atoms with Gasteiger partial charge in [0.2, 0.25) is 5.95 Å². The van der Waals surface area contributed by atoms with Gasteiger partial charge >= 0.3 is 0 Å². The summed E-state index contributed by atoms with van der Waals surface area (Å²) in [5.74, 6) is 1.27. The highest BCUT2D eigenvalue weighted by molar-refractivity contribution is 5.65. The maximum Gasteiger partial charge on any atom is 0.227 e. The topological polar surface area (TPSA) is 59.9 Å². The average molecular weight is 278 g/mol. The molecule has 0 fully saturated rings. The minimum absolute atomic E-state index is 0.522. The molecule has 0 unspecified atom stereocenters. The normalized spacial score (nSPS) is 10.1. The zero-order valence-electron chi connectivity index (χ0n) is 11.5. The van der Waals surface area contributed by atoms with E-state index in [1.54, 1.807) is 25.7 Å². The number of para-hydroxylation sites is 2. The maximum atomic E-state index is 5.31. The lowest BCUT2D eigenvalue weighted by atomic mass is 10.2. The number of aromatic nitrogens is 3. The highest BCUT2D eigenvalue weighted by Gasteiger charge is 2.05. The van der Waals surface area contributed by atoms with Crippen molar-refractivity contribution in [3.63, 3.8) is 0 Å². The Bertz CT molecular complexity index is 731. The molecule has 5 nitrogen and oxygen atoms in total. The molecule has 3 rings (SSSR count). The standard InChI is InChI=1S/C16H14N4O/c1-21-15-5-3-2-4-14(15)20-16-18-11-8-13(19-16)12-6-9-17-10-7-12/h2-11H,1H3,(H,18,19,20). The molecule has 2 heterocycles. The van der Waals surface area contributed by atoms with Crippen LogP contribution in [0.5, 0.6) is 5.75 Å². The van der Waals surface area contributed by atoms with E-state index in [4.69, 9.17) is 4.74 Å². The Morgan fingerprint density at radius 3 is 2.57 bits per heavy atom. The SMILES string of the molecule is COc1ccccc1Nc1nccc(-c2ccncc2)n1. The Morgan fingerprint density at radius 2 is 1.76 bits per heavy atom. The molecule has 0 amide bonds. The number of methoxy groups -OCH3 is 1. The van der Waals surface area contributed by atoms with Gasteiger partial charge in [0.25, 0.3) is 0 Å². The summed E-state index contributed by atoms with van der Waals surface area (Å²) in [6.45, 7) is 0. The first kappa shape index (κ1) is 13.1. The molecule has 0 spiro atoms. The zero-order chi connectivity index (χ0) is 14.5. The highest BCUT2D eigenvalue weighted by Crippen LogP contribution is 2.26. The molecule has 0 aliphatic rings. The lowest BCUT2D eigenvalue weighted by Gasteiger charge is -2.10. The number of anilines is 2. The van der Waals surface area contributed by atoms with Crippen molar-refractivity contribution in [2.45, 2.75) is 0 Å². The molecule has 1 aromatic carbocycles. The Kier molecular flexibility index (Phi) is 3.73. The van der Waals surface area contributed by atoms with Crippen LogP contribution in [0.3, 0.4) is 0 Å². The molecule has 0 bridgehead atoms. The lowest BCUT2D eigenvalue weighted by molar-refractivity contribution is 0.417. The smallest absolute Gasteiger partial charge is 0.227 e. The molecule has 5 heteroatoms. The third-order valence-electron chi connectivity index (χ3n) is 2.99. The van der Waals surface area contributed by atoms with Gasteiger partial charge in [0.15, 0.2) is 0 Å². The van der Waals surface area contributed by atoms with Crippen LogP contribution in [0, 0.1) is 0 Å². The highest BCUT2D eigenvalue weighted by atomic mass is 16.5. The minimum atomic E-state index is 0.522. The Morgan fingerprint density at radius 1 is 0.952 bits per heavy atom. The molecule has 0 aliphatic carbocycles. The molecular weight excluding hydrogens is 264 g/mol. The molecule has 104 valence electrons. The van der Waals surface area contributed by atoms with Gasteiger partial charge in [-0.1, -0.05) is 12.1 Å². The molecule has 21 heavy (non-hydrogen) atoms. The summed E-state index contributed by atoms with van der Waals surface area (Å²) in [7, 11) is 1.63. The Labute approximate surface area is 122 Å². The van der Waals surface area contributed by atoms with Crippen molar-refractivity contribution in [2.24, 2.45) is 0 Å². The van der Waals surface area contributed by atoms with Crippen LogP contribution >= 0.6 is 0 Å². The summed E-state index contributed by atoms with van der Waals surface area (Å²) in [6.07, 6.45) is 5.20. The molecule has 0 saturated carbocycles. The van der Waals surface area contributed by atoms with Crippen LogP contribution in [0.1, 0.15) is 0 Å². The molecule has 0 aliphatic heterocycles. The van der Waals surface area contributed by atoms with E-state index in [9.17, 15) is 0 Å². The minimum Gasteiger partial charge on any atom is -0.495 e. The van der Waals surface area contributed by atoms with E-state index in [0.717, 1.165) is 22.7 Å². The van der Waals surface area contributed by atoms with Gasteiger partial charge in [0.1, 0.15) is 5.75 Å². The molecule has 0 radical (unpaired) electrons.